The highest BCUT2D eigenvalue weighted by atomic mass is 35.5. The topological polar surface area (TPSA) is 70.8 Å². The lowest BCUT2D eigenvalue weighted by Gasteiger charge is -2.40. The van der Waals surface area contributed by atoms with Crippen LogP contribution in [0.5, 0.6) is 0 Å². The zero-order valence-electron chi connectivity index (χ0n) is 20.3. The van der Waals surface area contributed by atoms with Crippen LogP contribution in [0.3, 0.4) is 0 Å². The summed E-state index contributed by atoms with van der Waals surface area (Å²) in [6.07, 6.45) is 4.47. The third-order valence-corrected chi connectivity index (χ3v) is 8.54. The first-order valence-corrected chi connectivity index (χ1v) is 13.0. The van der Waals surface area contributed by atoms with Crippen LogP contribution in [-0.4, -0.2) is 60.8 Å². The van der Waals surface area contributed by atoms with Gasteiger partial charge in [0.05, 0.1) is 16.7 Å². The van der Waals surface area contributed by atoms with E-state index < -0.39 is 0 Å². The van der Waals surface area contributed by atoms with Crippen molar-refractivity contribution in [1.82, 2.24) is 4.90 Å². The van der Waals surface area contributed by atoms with Gasteiger partial charge in [0.25, 0.3) is 5.91 Å². The number of rotatable bonds is 3. The molecular weight excluding hydrogens is 460 g/mol. The summed E-state index contributed by atoms with van der Waals surface area (Å²) in [6, 6.07) is 16.4. The number of likely N-dealkylation sites (tertiary alicyclic amines) is 1. The highest BCUT2D eigenvalue weighted by molar-refractivity contribution is 6.32. The summed E-state index contributed by atoms with van der Waals surface area (Å²) in [5, 5.41) is 19.4. The number of nitrogens with zero attached hydrogens (tertiary/aromatic N) is 4. The van der Waals surface area contributed by atoms with Crippen molar-refractivity contribution in [3.63, 3.8) is 0 Å². The number of hydrogen-bond acceptors (Lipinski definition) is 5. The van der Waals surface area contributed by atoms with Crippen LogP contribution in [0.25, 0.3) is 0 Å². The molecular formula is C28H33ClN4O2. The van der Waals surface area contributed by atoms with Crippen LogP contribution < -0.4 is 9.80 Å². The van der Waals surface area contributed by atoms with Crippen molar-refractivity contribution in [2.75, 3.05) is 42.5 Å². The van der Waals surface area contributed by atoms with Crippen LogP contribution in [0.1, 0.15) is 54.9 Å². The summed E-state index contributed by atoms with van der Waals surface area (Å²) < 4.78 is 0. The Morgan fingerprint density at radius 1 is 1.06 bits per heavy atom. The molecule has 3 saturated heterocycles. The number of carbonyl (C=O) groups excluding carboxylic acids is 1. The van der Waals surface area contributed by atoms with Gasteiger partial charge in [-0.25, -0.2) is 0 Å². The molecule has 0 unspecified atom stereocenters. The molecule has 1 N–H and O–H groups in total. The summed E-state index contributed by atoms with van der Waals surface area (Å²) in [4.78, 5) is 19.5. The largest absolute Gasteiger partial charge is 0.393 e. The average Bonchev–Trinajstić information content (AvgIpc) is 3.20. The number of nitriles is 1. The van der Waals surface area contributed by atoms with E-state index in [1.54, 1.807) is 0 Å². The van der Waals surface area contributed by atoms with Crippen LogP contribution in [0, 0.1) is 16.7 Å². The molecule has 6 nitrogen and oxygen atoms in total. The van der Waals surface area contributed by atoms with Crippen molar-refractivity contribution in [1.29, 1.82) is 5.26 Å². The SMILES string of the molecule is C[C@H]1CC2(CCN(c3ccc(C(=O)N4CCC(O)CC4)cc3)CC2)CN1c1ccc(C#N)c(Cl)c1. The fraction of sp³-hybridized carbons (Fsp3) is 0.500. The number of hydrogen-bond donors (Lipinski definition) is 1. The van der Waals surface area contributed by atoms with Gasteiger partial charge in [0.1, 0.15) is 6.07 Å². The van der Waals surface area contributed by atoms with Crippen molar-refractivity contribution in [3.8, 4) is 6.07 Å². The van der Waals surface area contributed by atoms with Gasteiger partial charge >= 0.3 is 0 Å². The van der Waals surface area contributed by atoms with Crippen molar-refractivity contribution in [2.24, 2.45) is 5.41 Å². The van der Waals surface area contributed by atoms with Gasteiger partial charge in [-0.2, -0.15) is 5.26 Å². The van der Waals surface area contributed by atoms with Gasteiger partial charge in [0.2, 0.25) is 0 Å². The van der Waals surface area contributed by atoms with Crippen LogP contribution in [0.2, 0.25) is 5.02 Å². The number of carbonyl (C=O) groups is 1. The first-order chi connectivity index (χ1) is 16.9. The summed E-state index contributed by atoms with van der Waals surface area (Å²) in [5.41, 5.74) is 3.81. The fourth-order valence-corrected chi connectivity index (χ4v) is 6.32. The third kappa shape index (κ3) is 4.85. The standard InChI is InChI=1S/C28H33ClN4O2/c1-20-17-28(19-33(20)24-7-4-22(18-30)26(29)16-24)10-14-31(15-11-28)23-5-2-21(3-6-23)27(35)32-12-8-25(34)9-13-32/h2-7,16,20,25,34H,8-15,17,19H2,1H3/t20-/m0/s1. The zero-order chi connectivity index (χ0) is 24.6. The second-order valence-electron chi connectivity index (χ2n) is 10.5. The molecule has 0 bridgehead atoms. The fourth-order valence-electron chi connectivity index (χ4n) is 6.11. The molecule has 0 aromatic heterocycles. The normalized spacial score (nSPS) is 22.5. The molecule has 2 aromatic rings. The smallest absolute Gasteiger partial charge is 0.253 e. The maximum absolute atomic E-state index is 12.8. The molecule has 0 saturated carbocycles. The van der Waals surface area contributed by atoms with Gasteiger partial charge in [0, 0.05) is 55.7 Å². The molecule has 2 aromatic carbocycles. The van der Waals surface area contributed by atoms with Crippen molar-refractivity contribution in [3.05, 3.63) is 58.6 Å². The van der Waals surface area contributed by atoms with E-state index >= 15 is 0 Å². The summed E-state index contributed by atoms with van der Waals surface area (Å²) >= 11 is 6.31. The van der Waals surface area contributed by atoms with E-state index in [9.17, 15) is 15.2 Å². The summed E-state index contributed by atoms with van der Waals surface area (Å²) in [5.74, 6) is 0.0592. The molecule has 1 amide bonds. The number of anilines is 2. The Hall–Kier alpha value is -2.75. The minimum Gasteiger partial charge on any atom is -0.393 e. The lowest BCUT2D eigenvalue weighted by molar-refractivity contribution is 0.0546. The van der Waals surface area contributed by atoms with E-state index in [0.717, 1.165) is 50.1 Å². The van der Waals surface area contributed by atoms with Crippen LogP contribution >= 0.6 is 11.6 Å². The summed E-state index contributed by atoms with van der Waals surface area (Å²) in [7, 11) is 0. The van der Waals surface area contributed by atoms with Gasteiger partial charge in [-0.05, 0) is 86.9 Å². The zero-order valence-corrected chi connectivity index (χ0v) is 21.0. The van der Waals surface area contributed by atoms with Crippen LogP contribution in [0.4, 0.5) is 11.4 Å². The molecule has 3 aliphatic rings. The second-order valence-corrected chi connectivity index (χ2v) is 10.9. The number of halogens is 1. The minimum absolute atomic E-state index is 0.0592. The Morgan fingerprint density at radius 3 is 2.34 bits per heavy atom. The van der Waals surface area contributed by atoms with Gasteiger partial charge in [-0.15, -0.1) is 0 Å². The van der Waals surface area contributed by atoms with E-state index in [1.807, 2.05) is 35.2 Å². The maximum Gasteiger partial charge on any atom is 0.253 e. The monoisotopic (exact) mass is 492 g/mol. The van der Waals surface area contributed by atoms with Crippen molar-refractivity contribution >= 4 is 28.9 Å². The van der Waals surface area contributed by atoms with Gasteiger partial charge in [-0.3, -0.25) is 4.79 Å². The van der Waals surface area contributed by atoms with Gasteiger partial charge < -0.3 is 19.8 Å². The molecule has 3 aliphatic heterocycles. The lowest BCUT2D eigenvalue weighted by atomic mass is 9.76. The van der Waals surface area contributed by atoms with Crippen molar-refractivity contribution < 1.29 is 9.90 Å². The summed E-state index contributed by atoms with van der Waals surface area (Å²) in [6.45, 7) is 6.56. The van der Waals surface area contributed by atoms with E-state index in [4.69, 9.17) is 11.6 Å². The molecule has 7 heteroatoms. The minimum atomic E-state index is -0.277. The molecule has 1 spiro atoms. The highest BCUT2D eigenvalue weighted by Crippen LogP contribution is 2.46. The Morgan fingerprint density at radius 2 is 1.71 bits per heavy atom. The van der Waals surface area contributed by atoms with E-state index in [2.05, 4.69) is 34.9 Å². The number of aliphatic hydroxyl groups excluding tert-OH is 1. The highest BCUT2D eigenvalue weighted by Gasteiger charge is 2.44. The second kappa shape index (κ2) is 9.72. The Balaban J connectivity index is 1.20. The van der Waals surface area contributed by atoms with E-state index in [-0.39, 0.29) is 12.0 Å². The predicted molar refractivity (Wildman–Crippen MR) is 139 cm³/mol. The molecule has 3 fully saturated rings. The van der Waals surface area contributed by atoms with Crippen molar-refractivity contribution in [2.45, 2.75) is 51.2 Å². The third-order valence-electron chi connectivity index (χ3n) is 8.23. The van der Waals surface area contributed by atoms with Crippen LogP contribution in [0.15, 0.2) is 42.5 Å². The van der Waals surface area contributed by atoms with E-state index in [0.29, 0.717) is 48.0 Å². The Bertz CT molecular complexity index is 1110. The quantitative estimate of drug-likeness (QED) is 0.672. The molecule has 0 radical (unpaired) electrons. The number of piperidine rings is 2. The molecule has 35 heavy (non-hydrogen) atoms. The Labute approximate surface area is 212 Å². The van der Waals surface area contributed by atoms with Gasteiger partial charge in [0.15, 0.2) is 0 Å². The van der Waals surface area contributed by atoms with Crippen LogP contribution in [-0.2, 0) is 0 Å². The number of benzene rings is 2. The molecule has 3 heterocycles. The first-order valence-electron chi connectivity index (χ1n) is 12.7. The molecule has 184 valence electrons. The molecule has 0 aliphatic carbocycles. The lowest BCUT2D eigenvalue weighted by Crippen LogP contribution is -2.42. The van der Waals surface area contributed by atoms with Gasteiger partial charge in [-0.1, -0.05) is 11.6 Å². The number of aliphatic hydroxyl groups is 1. The maximum atomic E-state index is 12.8. The predicted octanol–water partition coefficient (Wildman–Crippen LogP) is 4.69. The molecule has 1 atom stereocenters. The Kier molecular flexibility index (Phi) is 6.65. The number of amides is 1. The molecule has 5 rings (SSSR count). The average molecular weight is 493 g/mol. The first kappa shape index (κ1) is 24.0. The van der Waals surface area contributed by atoms with E-state index in [1.165, 1.54) is 5.69 Å².